The number of rotatable bonds is 4. The van der Waals surface area contributed by atoms with Gasteiger partial charge in [0.15, 0.2) is 0 Å². The Morgan fingerprint density at radius 1 is 1.31 bits per heavy atom. The molecule has 94 valence electrons. The molecular formula is C10H20N2O3S. The molecule has 0 bridgehead atoms. The predicted molar refractivity (Wildman–Crippen MR) is 62.2 cm³/mol. The van der Waals surface area contributed by atoms with E-state index in [2.05, 4.69) is 5.32 Å². The standard InChI is InChI=1S/C10H20N2O3S/c1-10(5-3-2-4-6-10)9(13)12-7-8-16(11,14)15/h2-8H2,1H3,(H,12,13)(H2,11,14,15). The van der Waals surface area contributed by atoms with Crippen LogP contribution >= 0.6 is 0 Å². The van der Waals surface area contributed by atoms with Gasteiger partial charge in [-0.2, -0.15) is 0 Å². The van der Waals surface area contributed by atoms with Gasteiger partial charge in [-0.05, 0) is 12.8 Å². The highest BCUT2D eigenvalue weighted by atomic mass is 32.2. The maximum Gasteiger partial charge on any atom is 0.225 e. The summed E-state index contributed by atoms with van der Waals surface area (Å²) in [6.07, 6.45) is 5.08. The molecule has 0 aromatic rings. The van der Waals surface area contributed by atoms with Crippen molar-refractivity contribution in [2.75, 3.05) is 12.3 Å². The topological polar surface area (TPSA) is 89.3 Å². The zero-order chi connectivity index (χ0) is 12.2. The summed E-state index contributed by atoms with van der Waals surface area (Å²) in [6, 6.07) is 0. The normalized spacial score (nSPS) is 20.4. The van der Waals surface area contributed by atoms with Gasteiger partial charge in [-0.25, -0.2) is 13.6 Å². The molecule has 5 nitrogen and oxygen atoms in total. The van der Waals surface area contributed by atoms with Crippen LogP contribution in [0, 0.1) is 5.41 Å². The molecule has 1 aliphatic carbocycles. The summed E-state index contributed by atoms with van der Waals surface area (Å²) < 4.78 is 21.4. The second kappa shape index (κ2) is 5.14. The van der Waals surface area contributed by atoms with Crippen LogP contribution in [-0.2, 0) is 14.8 Å². The van der Waals surface area contributed by atoms with Crippen molar-refractivity contribution in [1.29, 1.82) is 0 Å². The Balaban J connectivity index is 2.39. The van der Waals surface area contributed by atoms with Crippen LogP contribution in [0.1, 0.15) is 39.0 Å². The van der Waals surface area contributed by atoms with Gasteiger partial charge in [-0.1, -0.05) is 26.2 Å². The summed E-state index contributed by atoms with van der Waals surface area (Å²) in [6.45, 7) is 2.05. The molecular weight excluding hydrogens is 228 g/mol. The molecule has 0 aromatic heterocycles. The van der Waals surface area contributed by atoms with Crippen molar-refractivity contribution in [3.05, 3.63) is 0 Å². The van der Waals surface area contributed by atoms with Gasteiger partial charge in [0.05, 0.1) is 5.75 Å². The minimum Gasteiger partial charge on any atom is -0.355 e. The third-order valence-corrected chi connectivity index (χ3v) is 3.95. The Labute approximate surface area is 96.8 Å². The maximum absolute atomic E-state index is 11.9. The summed E-state index contributed by atoms with van der Waals surface area (Å²) in [5, 5.41) is 7.51. The molecule has 0 atom stereocenters. The van der Waals surface area contributed by atoms with Crippen LogP contribution in [0.4, 0.5) is 0 Å². The lowest BCUT2D eigenvalue weighted by atomic mass is 9.75. The van der Waals surface area contributed by atoms with E-state index in [0.29, 0.717) is 0 Å². The van der Waals surface area contributed by atoms with E-state index in [1.807, 2.05) is 6.92 Å². The fourth-order valence-electron chi connectivity index (χ4n) is 2.08. The maximum atomic E-state index is 11.9. The van der Waals surface area contributed by atoms with Gasteiger partial charge < -0.3 is 5.32 Å². The van der Waals surface area contributed by atoms with Crippen molar-refractivity contribution in [2.24, 2.45) is 10.6 Å². The molecule has 6 heteroatoms. The van der Waals surface area contributed by atoms with E-state index in [4.69, 9.17) is 5.14 Å². The van der Waals surface area contributed by atoms with Gasteiger partial charge in [0.1, 0.15) is 0 Å². The zero-order valence-electron chi connectivity index (χ0n) is 9.66. The Hall–Kier alpha value is -0.620. The molecule has 0 aliphatic heterocycles. The Bertz CT molecular complexity index is 345. The molecule has 0 heterocycles. The number of hydrogen-bond acceptors (Lipinski definition) is 3. The van der Waals surface area contributed by atoms with E-state index in [9.17, 15) is 13.2 Å². The minimum atomic E-state index is -3.49. The van der Waals surface area contributed by atoms with Crippen LogP contribution in [0.2, 0.25) is 0 Å². The van der Waals surface area contributed by atoms with Gasteiger partial charge in [-0.15, -0.1) is 0 Å². The number of nitrogens with one attached hydrogen (secondary N) is 1. The molecule has 0 radical (unpaired) electrons. The first-order valence-electron chi connectivity index (χ1n) is 5.62. The Morgan fingerprint density at radius 2 is 1.88 bits per heavy atom. The van der Waals surface area contributed by atoms with E-state index in [0.717, 1.165) is 25.7 Å². The number of carbonyl (C=O) groups excluding carboxylic acids is 1. The molecule has 0 aromatic carbocycles. The second-order valence-corrected chi connectivity index (χ2v) is 6.48. The average molecular weight is 248 g/mol. The number of nitrogens with two attached hydrogens (primary N) is 1. The van der Waals surface area contributed by atoms with E-state index >= 15 is 0 Å². The van der Waals surface area contributed by atoms with Gasteiger partial charge in [0.2, 0.25) is 15.9 Å². The molecule has 1 rings (SSSR count). The third kappa shape index (κ3) is 4.09. The number of primary sulfonamides is 1. The van der Waals surface area contributed by atoms with Crippen LogP contribution < -0.4 is 10.5 Å². The van der Waals surface area contributed by atoms with Crippen LogP contribution in [0.25, 0.3) is 0 Å². The summed E-state index contributed by atoms with van der Waals surface area (Å²) >= 11 is 0. The lowest BCUT2D eigenvalue weighted by Crippen LogP contribution is -2.42. The highest BCUT2D eigenvalue weighted by Gasteiger charge is 2.34. The summed E-state index contributed by atoms with van der Waals surface area (Å²) in [7, 11) is -3.49. The van der Waals surface area contributed by atoms with Crippen molar-refractivity contribution >= 4 is 15.9 Å². The van der Waals surface area contributed by atoms with Crippen molar-refractivity contribution in [1.82, 2.24) is 5.32 Å². The fraction of sp³-hybridized carbons (Fsp3) is 0.900. The number of carbonyl (C=O) groups is 1. The summed E-state index contributed by atoms with van der Waals surface area (Å²) in [5.41, 5.74) is -0.323. The van der Waals surface area contributed by atoms with Gasteiger partial charge in [0.25, 0.3) is 0 Å². The fourth-order valence-corrected chi connectivity index (χ4v) is 2.47. The number of hydrogen-bond donors (Lipinski definition) is 2. The summed E-state index contributed by atoms with van der Waals surface area (Å²) in [4.78, 5) is 11.9. The summed E-state index contributed by atoms with van der Waals surface area (Å²) in [5.74, 6) is -0.245. The van der Waals surface area contributed by atoms with Gasteiger partial charge in [0, 0.05) is 12.0 Å². The van der Waals surface area contributed by atoms with Crippen molar-refractivity contribution in [3.8, 4) is 0 Å². The van der Waals surface area contributed by atoms with Crippen molar-refractivity contribution in [3.63, 3.8) is 0 Å². The highest BCUT2D eigenvalue weighted by molar-refractivity contribution is 7.89. The molecule has 0 spiro atoms. The predicted octanol–water partition coefficient (Wildman–Crippen LogP) is 0.361. The van der Waals surface area contributed by atoms with Crippen molar-refractivity contribution in [2.45, 2.75) is 39.0 Å². The lowest BCUT2D eigenvalue weighted by Gasteiger charge is -2.31. The van der Waals surface area contributed by atoms with E-state index in [1.165, 1.54) is 6.42 Å². The van der Waals surface area contributed by atoms with Crippen LogP contribution in [0.5, 0.6) is 0 Å². The molecule has 1 fully saturated rings. The van der Waals surface area contributed by atoms with E-state index in [-0.39, 0.29) is 23.6 Å². The molecule has 1 saturated carbocycles. The Morgan fingerprint density at radius 3 is 2.38 bits per heavy atom. The molecule has 16 heavy (non-hydrogen) atoms. The molecule has 3 N–H and O–H groups in total. The number of amides is 1. The Kier molecular flexibility index (Phi) is 4.32. The monoisotopic (exact) mass is 248 g/mol. The first-order chi connectivity index (χ1) is 7.33. The lowest BCUT2D eigenvalue weighted by molar-refractivity contribution is -0.131. The minimum absolute atomic E-state index is 0.0455. The molecule has 1 aliphatic rings. The first-order valence-corrected chi connectivity index (χ1v) is 7.34. The van der Waals surface area contributed by atoms with E-state index in [1.54, 1.807) is 0 Å². The smallest absolute Gasteiger partial charge is 0.225 e. The zero-order valence-corrected chi connectivity index (χ0v) is 10.5. The molecule has 0 saturated heterocycles. The van der Waals surface area contributed by atoms with Gasteiger partial charge >= 0.3 is 0 Å². The average Bonchev–Trinajstić information content (AvgIpc) is 2.16. The molecule has 0 unspecified atom stereocenters. The highest BCUT2D eigenvalue weighted by Crippen LogP contribution is 2.35. The van der Waals surface area contributed by atoms with Crippen LogP contribution in [0.3, 0.4) is 0 Å². The quantitative estimate of drug-likeness (QED) is 0.753. The number of sulfonamides is 1. The van der Waals surface area contributed by atoms with Crippen LogP contribution in [0.15, 0.2) is 0 Å². The third-order valence-electron chi connectivity index (χ3n) is 3.18. The first kappa shape index (κ1) is 13.4. The van der Waals surface area contributed by atoms with Crippen LogP contribution in [-0.4, -0.2) is 26.6 Å². The molecule has 1 amide bonds. The van der Waals surface area contributed by atoms with E-state index < -0.39 is 10.0 Å². The largest absolute Gasteiger partial charge is 0.355 e. The van der Waals surface area contributed by atoms with Gasteiger partial charge in [-0.3, -0.25) is 4.79 Å². The van der Waals surface area contributed by atoms with Crippen molar-refractivity contribution < 1.29 is 13.2 Å². The second-order valence-electron chi connectivity index (χ2n) is 4.74. The SMILES string of the molecule is CC1(C(=O)NCCS(N)(=O)=O)CCCCC1.